The minimum atomic E-state index is -0.426. The number of nitrogens with one attached hydrogen (secondary N) is 2. The zero-order valence-corrected chi connectivity index (χ0v) is 8.49. The summed E-state index contributed by atoms with van der Waals surface area (Å²) in [7, 11) is 0. The SMILES string of the molecule is O=C1CN(C(=O)C2CNCCO2)CCN1. The summed E-state index contributed by atoms with van der Waals surface area (Å²) in [6, 6.07) is 0. The molecular formula is C9H15N3O3. The van der Waals surface area contributed by atoms with E-state index in [1.807, 2.05) is 0 Å². The number of hydrogen-bond acceptors (Lipinski definition) is 4. The van der Waals surface area contributed by atoms with Crippen LogP contribution in [0.3, 0.4) is 0 Å². The molecule has 1 atom stereocenters. The molecule has 1 unspecified atom stereocenters. The van der Waals surface area contributed by atoms with Crippen LogP contribution in [0.15, 0.2) is 0 Å². The van der Waals surface area contributed by atoms with Crippen molar-refractivity contribution in [3.63, 3.8) is 0 Å². The number of rotatable bonds is 1. The molecule has 84 valence electrons. The van der Waals surface area contributed by atoms with Crippen LogP contribution in [0, 0.1) is 0 Å². The average molecular weight is 213 g/mol. The normalized spacial score (nSPS) is 27.3. The van der Waals surface area contributed by atoms with E-state index in [0.29, 0.717) is 26.2 Å². The summed E-state index contributed by atoms with van der Waals surface area (Å²) in [5.41, 5.74) is 0. The highest BCUT2D eigenvalue weighted by Crippen LogP contribution is 2.03. The molecule has 2 aliphatic heterocycles. The Bertz CT molecular complexity index is 263. The summed E-state index contributed by atoms with van der Waals surface area (Å²) < 4.78 is 5.34. The number of carbonyl (C=O) groups excluding carboxylic acids is 2. The van der Waals surface area contributed by atoms with Crippen LogP contribution in [-0.2, 0) is 14.3 Å². The summed E-state index contributed by atoms with van der Waals surface area (Å²) in [6.45, 7) is 3.13. The van der Waals surface area contributed by atoms with Crippen LogP contribution in [0.1, 0.15) is 0 Å². The third-order valence-corrected chi connectivity index (χ3v) is 2.55. The zero-order chi connectivity index (χ0) is 10.7. The third kappa shape index (κ3) is 2.45. The Morgan fingerprint density at radius 1 is 1.47 bits per heavy atom. The van der Waals surface area contributed by atoms with Crippen LogP contribution < -0.4 is 10.6 Å². The first-order chi connectivity index (χ1) is 7.27. The molecule has 2 heterocycles. The number of piperazine rings is 1. The van der Waals surface area contributed by atoms with Gasteiger partial charge in [-0.05, 0) is 0 Å². The first kappa shape index (κ1) is 10.4. The van der Waals surface area contributed by atoms with E-state index in [-0.39, 0.29) is 18.4 Å². The molecule has 0 aliphatic carbocycles. The Labute approximate surface area is 87.9 Å². The lowest BCUT2D eigenvalue weighted by Gasteiger charge is -2.31. The molecule has 2 N–H and O–H groups in total. The minimum absolute atomic E-state index is 0.0861. The van der Waals surface area contributed by atoms with Crippen molar-refractivity contribution < 1.29 is 14.3 Å². The molecule has 0 radical (unpaired) electrons. The van der Waals surface area contributed by atoms with Gasteiger partial charge in [-0.1, -0.05) is 0 Å². The maximum atomic E-state index is 11.9. The monoisotopic (exact) mass is 213 g/mol. The lowest BCUT2D eigenvalue weighted by molar-refractivity contribution is -0.149. The summed E-state index contributed by atoms with van der Waals surface area (Å²) in [5, 5.41) is 5.77. The molecule has 2 saturated heterocycles. The van der Waals surface area contributed by atoms with E-state index in [4.69, 9.17) is 4.74 Å². The van der Waals surface area contributed by atoms with Gasteiger partial charge in [-0.2, -0.15) is 0 Å². The van der Waals surface area contributed by atoms with Gasteiger partial charge in [-0.15, -0.1) is 0 Å². The molecule has 0 saturated carbocycles. The molecule has 2 rings (SSSR count). The van der Waals surface area contributed by atoms with Crippen LogP contribution in [0.2, 0.25) is 0 Å². The van der Waals surface area contributed by atoms with Crippen LogP contribution >= 0.6 is 0 Å². The van der Waals surface area contributed by atoms with Gasteiger partial charge in [0.05, 0.1) is 13.2 Å². The Morgan fingerprint density at radius 2 is 2.33 bits per heavy atom. The molecule has 2 fully saturated rings. The standard InChI is InChI=1S/C9H15N3O3/c13-8-6-12(3-1-11-8)9(14)7-5-10-2-4-15-7/h7,10H,1-6H2,(H,11,13). The molecule has 6 nitrogen and oxygen atoms in total. The molecule has 0 spiro atoms. The molecule has 0 bridgehead atoms. The Balaban J connectivity index is 1.90. The lowest BCUT2D eigenvalue weighted by Crippen LogP contribution is -2.56. The maximum absolute atomic E-state index is 11.9. The Hall–Kier alpha value is -1.14. The summed E-state index contributed by atoms with van der Waals surface area (Å²) >= 11 is 0. The van der Waals surface area contributed by atoms with Gasteiger partial charge in [-0.25, -0.2) is 0 Å². The number of ether oxygens (including phenoxy) is 1. The topological polar surface area (TPSA) is 70.7 Å². The Morgan fingerprint density at radius 3 is 3.00 bits per heavy atom. The maximum Gasteiger partial charge on any atom is 0.253 e. The van der Waals surface area contributed by atoms with E-state index in [0.717, 1.165) is 6.54 Å². The molecule has 2 aliphatic rings. The van der Waals surface area contributed by atoms with Crippen molar-refractivity contribution in [1.29, 1.82) is 0 Å². The predicted molar refractivity (Wildman–Crippen MR) is 52.2 cm³/mol. The van der Waals surface area contributed by atoms with Gasteiger partial charge < -0.3 is 20.3 Å². The van der Waals surface area contributed by atoms with E-state index in [9.17, 15) is 9.59 Å². The van der Waals surface area contributed by atoms with Crippen molar-refractivity contribution >= 4 is 11.8 Å². The second-order valence-corrected chi connectivity index (χ2v) is 3.67. The second kappa shape index (κ2) is 4.59. The summed E-state index contributed by atoms with van der Waals surface area (Å²) in [6.07, 6.45) is -0.426. The summed E-state index contributed by atoms with van der Waals surface area (Å²) in [5.74, 6) is -0.185. The molecule has 2 amide bonds. The molecule has 6 heteroatoms. The Kier molecular flexibility index (Phi) is 3.17. The first-order valence-corrected chi connectivity index (χ1v) is 5.15. The van der Waals surface area contributed by atoms with Gasteiger partial charge in [0, 0.05) is 26.2 Å². The molecular weight excluding hydrogens is 198 g/mol. The second-order valence-electron chi connectivity index (χ2n) is 3.67. The smallest absolute Gasteiger partial charge is 0.253 e. The van der Waals surface area contributed by atoms with E-state index in [1.165, 1.54) is 0 Å². The van der Waals surface area contributed by atoms with Gasteiger partial charge in [0.25, 0.3) is 5.91 Å². The van der Waals surface area contributed by atoms with Crippen molar-refractivity contribution in [1.82, 2.24) is 15.5 Å². The highest BCUT2D eigenvalue weighted by atomic mass is 16.5. The molecule has 0 aromatic carbocycles. The van der Waals surface area contributed by atoms with Gasteiger partial charge in [0.2, 0.25) is 5.91 Å². The number of amides is 2. The zero-order valence-electron chi connectivity index (χ0n) is 8.49. The van der Waals surface area contributed by atoms with Crippen molar-refractivity contribution in [2.24, 2.45) is 0 Å². The minimum Gasteiger partial charge on any atom is -0.366 e. The quantitative estimate of drug-likeness (QED) is 0.525. The average Bonchev–Trinajstić information content (AvgIpc) is 2.29. The highest BCUT2D eigenvalue weighted by Gasteiger charge is 2.29. The van der Waals surface area contributed by atoms with E-state index in [1.54, 1.807) is 4.90 Å². The van der Waals surface area contributed by atoms with Crippen LogP contribution in [0.25, 0.3) is 0 Å². The van der Waals surface area contributed by atoms with Crippen molar-refractivity contribution in [3.05, 3.63) is 0 Å². The molecule has 0 aromatic heterocycles. The molecule has 15 heavy (non-hydrogen) atoms. The van der Waals surface area contributed by atoms with Crippen LogP contribution in [0.4, 0.5) is 0 Å². The predicted octanol–water partition coefficient (Wildman–Crippen LogP) is -2.07. The lowest BCUT2D eigenvalue weighted by atomic mass is 10.2. The largest absolute Gasteiger partial charge is 0.366 e. The number of nitrogens with zero attached hydrogens (tertiary/aromatic N) is 1. The third-order valence-electron chi connectivity index (χ3n) is 2.55. The van der Waals surface area contributed by atoms with Gasteiger partial charge >= 0.3 is 0 Å². The molecule has 0 aromatic rings. The van der Waals surface area contributed by atoms with E-state index >= 15 is 0 Å². The number of carbonyl (C=O) groups is 2. The van der Waals surface area contributed by atoms with Crippen molar-refractivity contribution in [2.75, 3.05) is 39.3 Å². The van der Waals surface area contributed by atoms with Crippen molar-refractivity contribution in [3.8, 4) is 0 Å². The van der Waals surface area contributed by atoms with Crippen LogP contribution in [0.5, 0.6) is 0 Å². The highest BCUT2D eigenvalue weighted by molar-refractivity contribution is 5.88. The fourth-order valence-electron chi connectivity index (χ4n) is 1.75. The fourth-order valence-corrected chi connectivity index (χ4v) is 1.75. The fraction of sp³-hybridized carbons (Fsp3) is 0.778. The van der Waals surface area contributed by atoms with Crippen molar-refractivity contribution in [2.45, 2.75) is 6.10 Å². The number of hydrogen-bond donors (Lipinski definition) is 2. The van der Waals surface area contributed by atoms with Gasteiger partial charge in [0.1, 0.15) is 6.10 Å². The van der Waals surface area contributed by atoms with Gasteiger partial charge in [-0.3, -0.25) is 9.59 Å². The van der Waals surface area contributed by atoms with E-state index < -0.39 is 6.10 Å². The van der Waals surface area contributed by atoms with E-state index in [2.05, 4.69) is 10.6 Å². The number of morpholine rings is 1. The van der Waals surface area contributed by atoms with Gasteiger partial charge in [0.15, 0.2) is 0 Å². The summed E-state index contributed by atoms with van der Waals surface area (Å²) in [4.78, 5) is 24.5. The first-order valence-electron chi connectivity index (χ1n) is 5.15. The van der Waals surface area contributed by atoms with Crippen LogP contribution in [-0.4, -0.2) is 62.1 Å².